The molecule has 1 heterocycles. The minimum Gasteiger partial charge on any atom is -0.497 e. The first kappa shape index (κ1) is 17.9. The maximum Gasteiger partial charge on any atom is 0.573 e. The average Bonchev–Trinajstić information content (AvgIpc) is 3.10. The summed E-state index contributed by atoms with van der Waals surface area (Å²) in [6.07, 6.45) is -4.76. The van der Waals surface area contributed by atoms with E-state index in [2.05, 4.69) is 9.72 Å². The van der Waals surface area contributed by atoms with Crippen LogP contribution >= 0.6 is 0 Å². The lowest BCUT2D eigenvalue weighted by molar-refractivity contribution is -0.274. The van der Waals surface area contributed by atoms with Gasteiger partial charge in [-0.25, -0.2) is 4.98 Å². The van der Waals surface area contributed by atoms with E-state index >= 15 is 0 Å². The highest BCUT2D eigenvalue weighted by molar-refractivity contribution is 5.82. The van der Waals surface area contributed by atoms with Crippen molar-refractivity contribution in [3.63, 3.8) is 0 Å². The summed E-state index contributed by atoms with van der Waals surface area (Å²) < 4.78 is 52.3. The molecule has 7 heteroatoms. The van der Waals surface area contributed by atoms with Crippen LogP contribution in [-0.4, -0.2) is 18.5 Å². The molecule has 1 aromatic heterocycles. The Morgan fingerprint density at radius 3 is 2.25 bits per heavy atom. The molecule has 0 aliphatic heterocycles. The second kappa shape index (κ2) is 6.92. The first-order chi connectivity index (χ1) is 13.4. The topological polar surface area (TPSA) is 44.5 Å². The molecule has 0 bridgehead atoms. The van der Waals surface area contributed by atoms with Crippen molar-refractivity contribution < 1.29 is 27.1 Å². The number of hydrogen-bond acceptors (Lipinski definition) is 4. The van der Waals surface area contributed by atoms with Gasteiger partial charge in [0.2, 0.25) is 5.89 Å². The third-order valence-corrected chi connectivity index (χ3v) is 4.11. The zero-order chi connectivity index (χ0) is 19.7. The molecular weight excluding hydrogens is 371 g/mol. The van der Waals surface area contributed by atoms with Gasteiger partial charge in [0, 0.05) is 5.56 Å². The van der Waals surface area contributed by atoms with Gasteiger partial charge in [-0.15, -0.1) is 13.2 Å². The molecule has 4 aromatic rings. The van der Waals surface area contributed by atoms with Crippen LogP contribution in [0.15, 0.2) is 71.1 Å². The maximum absolute atomic E-state index is 12.4. The minimum atomic E-state index is -4.76. The Balaban J connectivity index is 1.70. The molecule has 3 aromatic carbocycles. The normalized spacial score (nSPS) is 11.6. The van der Waals surface area contributed by atoms with E-state index in [0.29, 0.717) is 16.7 Å². The van der Waals surface area contributed by atoms with E-state index in [4.69, 9.17) is 9.15 Å². The van der Waals surface area contributed by atoms with Gasteiger partial charge in [0.1, 0.15) is 17.0 Å². The van der Waals surface area contributed by atoms with Crippen molar-refractivity contribution in [2.75, 3.05) is 7.11 Å². The number of methoxy groups -OCH3 is 1. The number of nitrogens with zero attached hydrogens (tertiary/aromatic N) is 1. The van der Waals surface area contributed by atoms with Crippen molar-refractivity contribution in [2.45, 2.75) is 6.36 Å². The molecule has 0 N–H and O–H groups in total. The SMILES string of the molecule is COc1cccc(-c2ccc3nc(-c4cccc(OC(F)(F)F)c4)oc3c2)c1. The number of hydrogen-bond donors (Lipinski definition) is 0. The van der Waals surface area contributed by atoms with Gasteiger partial charge in [-0.05, 0) is 53.6 Å². The predicted molar refractivity (Wildman–Crippen MR) is 98.1 cm³/mol. The number of ether oxygens (including phenoxy) is 2. The van der Waals surface area contributed by atoms with Gasteiger partial charge in [-0.1, -0.05) is 24.3 Å². The number of halogens is 3. The average molecular weight is 385 g/mol. The third-order valence-electron chi connectivity index (χ3n) is 4.11. The zero-order valence-electron chi connectivity index (χ0n) is 14.7. The van der Waals surface area contributed by atoms with E-state index in [1.807, 2.05) is 36.4 Å². The summed E-state index contributed by atoms with van der Waals surface area (Å²) in [5.41, 5.74) is 3.37. The molecule has 4 rings (SSSR count). The summed E-state index contributed by atoms with van der Waals surface area (Å²) >= 11 is 0. The number of oxazole rings is 1. The van der Waals surface area contributed by atoms with Crippen molar-refractivity contribution in [3.8, 4) is 34.1 Å². The first-order valence-corrected chi connectivity index (χ1v) is 8.32. The molecule has 0 saturated carbocycles. The monoisotopic (exact) mass is 385 g/mol. The molecule has 28 heavy (non-hydrogen) atoms. The van der Waals surface area contributed by atoms with E-state index in [9.17, 15) is 13.2 Å². The molecule has 0 radical (unpaired) electrons. The Morgan fingerprint density at radius 1 is 0.821 bits per heavy atom. The number of aromatic nitrogens is 1. The fourth-order valence-electron chi connectivity index (χ4n) is 2.86. The zero-order valence-corrected chi connectivity index (χ0v) is 14.7. The quantitative estimate of drug-likeness (QED) is 0.428. The summed E-state index contributed by atoms with van der Waals surface area (Å²) in [5, 5.41) is 0. The lowest BCUT2D eigenvalue weighted by Gasteiger charge is -2.08. The molecular formula is C21H14F3NO3. The highest BCUT2D eigenvalue weighted by Gasteiger charge is 2.31. The molecule has 142 valence electrons. The van der Waals surface area contributed by atoms with Gasteiger partial charge >= 0.3 is 6.36 Å². The second-order valence-corrected chi connectivity index (χ2v) is 6.01. The van der Waals surface area contributed by atoms with E-state index in [-0.39, 0.29) is 11.6 Å². The molecule has 0 fully saturated rings. The minimum absolute atomic E-state index is 0.213. The maximum atomic E-state index is 12.4. The molecule has 0 saturated heterocycles. The predicted octanol–water partition coefficient (Wildman–Crippen LogP) is 6.07. The summed E-state index contributed by atoms with van der Waals surface area (Å²) in [6.45, 7) is 0. The molecule has 0 unspecified atom stereocenters. The Bertz CT molecular complexity index is 1140. The Kier molecular flexibility index (Phi) is 4.43. The van der Waals surface area contributed by atoms with Crippen molar-refractivity contribution in [1.29, 1.82) is 0 Å². The summed E-state index contributed by atoms with van der Waals surface area (Å²) in [5.74, 6) is 0.618. The van der Waals surface area contributed by atoms with Crippen molar-refractivity contribution in [1.82, 2.24) is 4.98 Å². The van der Waals surface area contributed by atoms with E-state index in [1.165, 1.54) is 18.2 Å². The van der Waals surface area contributed by atoms with Crippen LogP contribution in [0.4, 0.5) is 13.2 Å². The fraction of sp³-hybridized carbons (Fsp3) is 0.0952. The second-order valence-electron chi connectivity index (χ2n) is 6.01. The summed E-state index contributed by atoms with van der Waals surface area (Å²) in [7, 11) is 1.60. The lowest BCUT2D eigenvalue weighted by atomic mass is 10.1. The number of alkyl halides is 3. The summed E-state index contributed by atoms with van der Waals surface area (Å²) in [4.78, 5) is 4.36. The van der Waals surface area contributed by atoms with Crippen LogP contribution in [-0.2, 0) is 0 Å². The van der Waals surface area contributed by atoms with Gasteiger partial charge in [0.15, 0.2) is 5.58 Å². The molecule has 0 aliphatic rings. The molecule has 0 spiro atoms. The van der Waals surface area contributed by atoms with E-state index in [1.54, 1.807) is 19.2 Å². The Labute approximate surface area is 158 Å². The molecule has 0 amide bonds. The fourth-order valence-corrected chi connectivity index (χ4v) is 2.86. The van der Waals surface area contributed by atoms with Gasteiger partial charge in [-0.2, -0.15) is 0 Å². The van der Waals surface area contributed by atoms with Crippen molar-refractivity contribution >= 4 is 11.1 Å². The van der Waals surface area contributed by atoms with Crippen LogP contribution in [0.3, 0.4) is 0 Å². The van der Waals surface area contributed by atoms with Gasteiger partial charge in [-0.3, -0.25) is 0 Å². The van der Waals surface area contributed by atoms with Crippen LogP contribution < -0.4 is 9.47 Å². The van der Waals surface area contributed by atoms with Crippen molar-refractivity contribution in [2.24, 2.45) is 0 Å². The highest BCUT2D eigenvalue weighted by Crippen LogP contribution is 2.32. The number of benzene rings is 3. The number of fused-ring (bicyclic) bond motifs is 1. The third kappa shape index (κ3) is 3.78. The molecule has 0 atom stereocenters. The smallest absolute Gasteiger partial charge is 0.497 e. The Hall–Kier alpha value is -3.48. The lowest BCUT2D eigenvalue weighted by Crippen LogP contribution is -2.17. The highest BCUT2D eigenvalue weighted by atomic mass is 19.4. The van der Waals surface area contributed by atoms with Crippen LogP contribution in [0.25, 0.3) is 33.7 Å². The number of rotatable bonds is 4. The Morgan fingerprint density at radius 2 is 1.50 bits per heavy atom. The van der Waals surface area contributed by atoms with Crippen LogP contribution in [0.1, 0.15) is 0 Å². The largest absolute Gasteiger partial charge is 0.573 e. The summed E-state index contributed by atoms with van der Waals surface area (Å²) in [6, 6.07) is 18.6. The molecule has 4 nitrogen and oxygen atoms in total. The molecule has 0 aliphatic carbocycles. The standard InChI is InChI=1S/C21H14F3NO3/c1-26-16-6-2-4-13(10-16)14-8-9-18-19(12-14)27-20(25-18)15-5-3-7-17(11-15)28-21(22,23)24/h2-12H,1H3. The van der Waals surface area contributed by atoms with Crippen molar-refractivity contribution in [3.05, 3.63) is 66.7 Å². The van der Waals surface area contributed by atoms with Crippen LogP contribution in [0.5, 0.6) is 11.5 Å². The van der Waals surface area contributed by atoms with Gasteiger partial charge in [0.05, 0.1) is 7.11 Å². The van der Waals surface area contributed by atoms with Crippen LogP contribution in [0.2, 0.25) is 0 Å². The van der Waals surface area contributed by atoms with E-state index in [0.717, 1.165) is 16.9 Å². The van der Waals surface area contributed by atoms with Gasteiger partial charge in [0.25, 0.3) is 0 Å². The van der Waals surface area contributed by atoms with E-state index < -0.39 is 6.36 Å². The first-order valence-electron chi connectivity index (χ1n) is 8.32. The van der Waals surface area contributed by atoms with Crippen LogP contribution in [0, 0.1) is 0 Å². The van der Waals surface area contributed by atoms with Gasteiger partial charge < -0.3 is 13.9 Å².